The van der Waals surface area contributed by atoms with Crippen LogP contribution >= 0.6 is 0 Å². The van der Waals surface area contributed by atoms with Crippen LogP contribution < -0.4 is 5.32 Å². The molecule has 4 heterocycles. The fourth-order valence-electron chi connectivity index (χ4n) is 4.62. The maximum atomic E-state index is 12.6. The largest absolute Gasteiger partial charge is 0.339 e. The van der Waals surface area contributed by atoms with Crippen molar-refractivity contribution < 1.29 is 9.59 Å². The standard InChI is InChI=1S/C19H21N7O2/c27-17-3-2-13-5-12(8-20-19(13)23-17)1-4-18(28)25-9-14-6-16(7-15(14)10-25)26-22-11-21-24-26/h1,4-5,8,11,14-16H,2-3,6-7,9-10H2,(H,20,23,27). The number of pyridine rings is 1. The second-order valence-corrected chi connectivity index (χ2v) is 7.80. The molecule has 144 valence electrons. The summed E-state index contributed by atoms with van der Waals surface area (Å²) in [5, 5.41) is 14.7. The number of tetrazole rings is 1. The molecule has 9 nitrogen and oxygen atoms in total. The first-order valence-electron chi connectivity index (χ1n) is 9.64. The Morgan fingerprint density at radius 1 is 1.21 bits per heavy atom. The van der Waals surface area contributed by atoms with Gasteiger partial charge in [0.25, 0.3) is 0 Å². The first-order valence-corrected chi connectivity index (χ1v) is 9.64. The molecule has 2 fully saturated rings. The monoisotopic (exact) mass is 379 g/mol. The molecule has 1 saturated heterocycles. The molecule has 2 amide bonds. The van der Waals surface area contributed by atoms with Crippen LogP contribution in [-0.2, 0) is 16.0 Å². The first-order chi connectivity index (χ1) is 13.7. The summed E-state index contributed by atoms with van der Waals surface area (Å²) < 4.78 is 0. The van der Waals surface area contributed by atoms with E-state index in [0.29, 0.717) is 36.5 Å². The smallest absolute Gasteiger partial charge is 0.246 e. The summed E-state index contributed by atoms with van der Waals surface area (Å²) in [7, 11) is 0. The number of amides is 2. The summed E-state index contributed by atoms with van der Waals surface area (Å²) in [6.07, 6.45) is 9.74. The predicted octanol–water partition coefficient (Wildman–Crippen LogP) is 1.08. The molecule has 2 unspecified atom stereocenters. The highest BCUT2D eigenvalue weighted by Crippen LogP contribution is 2.43. The SMILES string of the molecule is O=C1CCc2cc(C=CC(=O)N3CC4CC(n5ncnn5)CC4C3)cnc2N1. The van der Waals surface area contributed by atoms with Gasteiger partial charge in [-0.15, -0.1) is 10.2 Å². The molecule has 28 heavy (non-hydrogen) atoms. The molecule has 5 rings (SSSR count). The van der Waals surface area contributed by atoms with Gasteiger partial charge in [-0.1, -0.05) is 0 Å². The second kappa shape index (κ2) is 6.81. The Morgan fingerprint density at radius 2 is 2.04 bits per heavy atom. The molecule has 2 aliphatic heterocycles. The number of carbonyl (C=O) groups is 2. The molecular formula is C19H21N7O2. The predicted molar refractivity (Wildman–Crippen MR) is 99.9 cm³/mol. The third-order valence-electron chi connectivity index (χ3n) is 6.01. The Morgan fingerprint density at radius 3 is 2.79 bits per heavy atom. The number of nitrogens with zero attached hydrogens (tertiary/aromatic N) is 6. The highest BCUT2D eigenvalue weighted by atomic mass is 16.2. The van der Waals surface area contributed by atoms with E-state index in [1.54, 1.807) is 17.1 Å². The number of hydrogen-bond donors (Lipinski definition) is 1. The summed E-state index contributed by atoms with van der Waals surface area (Å²) in [5.74, 6) is 1.67. The molecule has 0 spiro atoms. The van der Waals surface area contributed by atoms with Crippen molar-refractivity contribution in [3.05, 3.63) is 35.8 Å². The maximum Gasteiger partial charge on any atom is 0.246 e. The molecular weight excluding hydrogens is 358 g/mol. The van der Waals surface area contributed by atoms with Crippen molar-refractivity contribution in [1.82, 2.24) is 30.1 Å². The number of rotatable bonds is 3. The molecule has 1 aliphatic carbocycles. The third-order valence-corrected chi connectivity index (χ3v) is 6.01. The van der Waals surface area contributed by atoms with Crippen LogP contribution in [-0.4, -0.2) is 55.0 Å². The average Bonchev–Trinajstić information content (AvgIpc) is 3.41. The second-order valence-electron chi connectivity index (χ2n) is 7.80. The highest BCUT2D eigenvalue weighted by molar-refractivity contribution is 5.94. The van der Waals surface area contributed by atoms with E-state index >= 15 is 0 Å². The van der Waals surface area contributed by atoms with E-state index in [4.69, 9.17) is 0 Å². The van der Waals surface area contributed by atoms with Gasteiger partial charge in [-0.05, 0) is 59.6 Å². The minimum Gasteiger partial charge on any atom is -0.339 e. The van der Waals surface area contributed by atoms with Gasteiger partial charge in [0.1, 0.15) is 5.82 Å². The van der Waals surface area contributed by atoms with Gasteiger partial charge in [0, 0.05) is 31.8 Å². The van der Waals surface area contributed by atoms with Crippen LogP contribution in [0, 0.1) is 11.8 Å². The molecule has 2 atom stereocenters. The summed E-state index contributed by atoms with van der Waals surface area (Å²) in [6.45, 7) is 1.57. The minimum absolute atomic E-state index is 0.000100. The van der Waals surface area contributed by atoms with Crippen LogP contribution in [0.3, 0.4) is 0 Å². The van der Waals surface area contributed by atoms with Crippen LogP contribution in [0.15, 0.2) is 24.7 Å². The lowest BCUT2D eigenvalue weighted by atomic mass is 10.0. The van der Waals surface area contributed by atoms with Crippen LogP contribution in [0.4, 0.5) is 5.82 Å². The highest BCUT2D eigenvalue weighted by Gasteiger charge is 2.43. The van der Waals surface area contributed by atoms with E-state index in [-0.39, 0.29) is 11.8 Å². The summed E-state index contributed by atoms with van der Waals surface area (Å²) in [6, 6.07) is 2.28. The Labute approximate surface area is 161 Å². The summed E-state index contributed by atoms with van der Waals surface area (Å²) >= 11 is 0. The first kappa shape index (κ1) is 17.0. The van der Waals surface area contributed by atoms with Gasteiger partial charge in [0.05, 0.1) is 6.04 Å². The van der Waals surface area contributed by atoms with E-state index < -0.39 is 0 Å². The topological polar surface area (TPSA) is 106 Å². The lowest BCUT2D eigenvalue weighted by Gasteiger charge is -2.17. The number of likely N-dealkylation sites (tertiary alicyclic amines) is 1. The van der Waals surface area contributed by atoms with Gasteiger partial charge in [-0.25, -0.2) is 4.98 Å². The molecule has 0 aromatic carbocycles. The number of fused-ring (bicyclic) bond motifs is 2. The van der Waals surface area contributed by atoms with Crippen molar-refractivity contribution >= 4 is 23.7 Å². The fraction of sp³-hybridized carbons (Fsp3) is 0.474. The van der Waals surface area contributed by atoms with Crippen molar-refractivity contribution in [2.45, 2.75) is 31.7 Å². The zero-order valence-electron chi connectivity index (χ0n) is 15.4. The van der Waals surface area contributed by atoms with Gasteiger partial charge >= 0.3 is 0 Å². The Balaban J connectivity index is 1.20. The van der Waals surface area contributed by atoms with Crippen LogP contribution in [0.1, 0.15) is 36.4 Å². The van der Waals surface area contributed by atoms with E-state index in [9.17, 15) is 9.59 Å². The summed E-state index contributed by atoms with van der Waals surface area (Å²) in [5.41, 5.74) is 1.89. The Kier molecular flexibility index (Phi) is 4.14. The van der Waals surface area contributed by atoms with E-state index in [2.05, 4.69) is 25.7 Å². The van der Waals surface area contributed by atoms with Crippen LogP contribution in [0.5, 0.6) is 0 Å². The zero-order chi connectivity index (χ0) is 19.1. The van der Waals surface area contributed by atoms with Crippen LogP contribution in [0.25, 0.3) is 6.08 Å². The molecule has 3 aliphatic rings. The van der Waals surface area contributed by atoms with Crippen LogP contribution in [0.2, 0.25) is 0 Å². The van der Waals surface area contributed by atoms with E-state index in [1.165, 1.54) is 6.33 Å². The van der Waals surface area contributed by atoms with Gasteiger partial charge in [-0.2, -0.15) is 4.80 Å². The summed E-state index contributed by atoms with van der Waals surface area (Å²) in [4.78, 5) is 32.0. The average molecular weight is 379 g/mol. The fourth-order valence-corrected chi connectivity index (χ4v) is 4.62. The van der Waals surface area contributed by atoms with Gasteiger partial charge in [0.2, 0.25) is 11.8 Å². The van der Waals surface area contributed by atoms with Gasteiger partial charge < -0.3 is 10.2 Å². The van der Waals surface area contributed by atoms with Crippen molar-refractivity contribution in [3.63, 3.8) is 0 Å². The van der Waals surface area contributed by atoms with E-state index in [1.807, 2.05) is 17.0 Å². The molecule has 2 aromatic heterocycles. The molecule has 1 saturated carbocycles. The normalized spacial score (nSPS) is 26.4. The van der Waals surface area contributed by atoms with Crippen molar-refractivity contribution in [2.24, 2.45) is 11.8 Å². The quantitative estimate of drug-likeness (QED) is 0.800. The Bertz CT molecular complexity index is 926. The molecule has 2 aromatic rings. The van der Waals surface area contributed by atoms with Crippen molar-refractivity contribution in [1.29, 1.82) is 0 Å². The van der Waals surface area contributed by atoms with Crippen molar-refractivity contribution in [2.75, 3.05) is 18.4 Å². The molecule has 0 bridgehead atoms. The molecule has 1 N–H and O–H groups in total. The lowest BCUT2D eigenvalue weighted by Crippen LogP contribution is -2.28. The Hall–Kier alpha value is -3.10. The zero-order valence-corrected chi connectivity index (χ0v) is 15.4. The molecule has 0 radical (unpaired) electrons. The lowest BCUT2D eigenvalue weighted by molar-refractivity contribution is -0.125. The number of carbonyl (C=O) groups excluding carboxylic acids is 2. The number of anilines is 1. The van der Waals surface area contributed by atoms with Gasteiger partial charge in [0.15, 0.2) is 6.33 Å². The van der Waals surface area contributed by atoms with Gasteiger partial charge in [-0.3, -0.25) is 9.59 Å². The number of aryl methyl sites for hydroxylation is 1. The number of aromatic nitrogens is 5. The minimum atomic E-state index is -0.000100. The van der Waals surface area contributed by atoms with E-state index in [0.717, 1.165) is 37.1 Å². The number of nitrogens with one attached hydrogen (secondary N) is 1. The maximum absolute atomic E-state index is 12.6. The van der Waals surface area contributed by atoms with Crippen molar-refractivity contribution in [3.8, 4) is 0 Å². The number of hydrogen-bond acceptors (Lipinski definition) is 6. The molecule has 9 heteroatoms. The third kappa shape index (κ3) is 3.17.